The molecule has 0 fully saturated rings. The molecule has 4 aromatic rings. The largest absolute Gasteiger partial charge is 0.337 e. The Morgan fingerprint density at radius 3 is 2.65 bits per heavy atom. The maximum Gasteiger partial charge on any atom is 0.158 e. The molecule has 0 aliphatic heterocycles. The molecule has 0 spiro atoms. The van der Waals surface area contributed by atoms with E-state index in [1.807, 2.05) is 42.5 Å². The molecule has 96 valence electrons. The minimum Gasteiger partial charge on any atom is -0.337 e. The molecule has 2 aromatic carbocycles. The lowest BCUT2D eigenvalue weighted by Crippen LogP contribution is -1.89. The average Bonchev–Trinajstić information content (AvgIpc) is 2.89. The van der Waals surface area contributed by atoms with Gasteiger partial charge in [0, 0.05) is 4.47 Å². The Hall–Kier alpha value is -2.27. The molecule has 0 atom stereocenters. The maximum absolute atomic E-state index is 4.60. The van der Waals surface area contributed by atoms with Crippen molar-refractivity contribution >= 4 is 38.0 Å². The van der Waals surface area contributed by atoms with Crippen LogP contribution in [0.5, 0.6) is 0 Å². The van der Waals surface area contributed by atoms with Crippen molar-refractivity contribution in [2.24, 2.45) is 0 Å². The van der Waals surface area contributed by atoms with E-state index in [-0.39, 0.29) is 0 Å². The monoisotopic (exact) mass is 324 g/mol. The third-order valence-electron chi connectivity index (χ3n) is 3.14. The number of aromatic nitrogens is 4. The predicted octanol–water partition coefficient (Wildman–Crippen LogP) is 3.94. The van der Waals surface area contributed by atoms with E-state index < -0.39 is 0 Å². The number of rotatable bonds is 1. The summed E-state index contributed by atoms with van der Waals surface area (Å²) in [7, 11) is 0. The predicted molar refractivity (Wildman–Crippen MR) is 82.3 cm³/mol. The SMILES string of the molecule is Brc1ccc2nc(-c3cnc4ccccc4n3)[nH]c2c1. The number of para-hydroxylation sites is 2. The van der Waals surface area contributed by atoms with Gasteiger partial charge in [0.15, 0.2) is 5.82 Å². The second-order valence-corrected chi connectivity index (χ2v) is 5.41. The van der Waals surface area contributed by atoms with Crippen LogP contribution in [-0.2, 0) is 0 Å². The topological polar surface area (TPSA) is 54.5 Å². The Morgan fingerprint density at radius 1 is 0.900 bits per heavy atom. The molecule has 0 aliphatic rings. The van der Waals surface area contributed by atoms with E-state index in [1.165, 1.54) is 0 Å². The zero-order valence-corrected chi connectivity index (χ0v) is 11.9. The molecule has 4 rings (SSSR count). The Kier molecular flexibility index (Phi) is 2.53. The first-order valence-corrected chi connectivity index (χ1v) is 6.96. The number of H-pyrrole nitrogens is 1. The summed E-state index contributed by atoms with van der Waals surface area (Å²) in [5.74, 6) is 0.733. The first kappa shape index (κ1) is 11.5. The summed E-state index contributed by atoms with van der Waals surface area (Å²) >= 11 is 3.45. The molecule has 0 unspecified atom stereocenters. The fourth-order valence-corrected chi connectivity index (χ4v) is 2.54. The van der Waals surface area contributed by atoms with Gasteiger partial charge in [0.2, 0.25) is 0 Å². The highest BCUT2D eigenvalue weighted by Crippen LogP contribution is 2.22. The molecule has 5 heteroatoms. The average molecular weight is 325 g/mol. The molecule has 0 bridgehead atoms. The van der Waals surface area contributed by atoms with E-state index in [0.717, 1.165) is 38.1 Å². The van der Waals surface area contributed by atoms with Gasteiger partial charge in [-0.25, -0.2) is 9.97 Å². The fourth-order valence-electron chi connectivity index (χ4n) is 2.17. The zero-order chi connectivity index (χ0) is 13.5. The summed E-state index contributed by atoms with van der Waals surface area (Å²) in [4.78, 5) is 16.8. The molecular formula is C15H9BrN4. The Morgan fingerprint density at radius 2 is 1.75 bits per heavy atom. The highest BCUT2D eigenvalue weighted by atomic mass is 79.9. The Bertz CT molecular complexity index is 929. The van der Waals surface area contributed by atoms with Crippen molar-refractivity contribution in [3.8, 4) is 11.5 Å². The van der Waals surface area contributed by atoms with Gasteiger partial charge in [-0.3, -0.25) is 4.98 Å². The first-order chi connectivity index (χ1) is 9.79. The van der Waals surface area contributed by atoms with Crippen molar-refractivity contribution in [2.75, 3.05) is 0 Å². The summed E-state index contributed by atoms with van der Waals surface area (Å²) < 4.78 is 1.02. The molecule has 0 radical (unpaired) electrons. The van der Waals surface area contributed by atoms with Crippen LogP contribution in [0.1, 0.15) is 0 Å². The molecule has 2 aromatic heterocycles. The Labute approximate surface area is 123 Å². The van der Waals surface area contributed by atoms with E-state index in [4.69, 9.17) is 0 Å². The van der Waals surface area contributed by atoms with Crippen LogP contribution in [0.2, 0.25) is 0 Å². The van der Waals surface area contributed by atoms with Crippen LogP contribution in [0, 0.1) is 0 Å². The van der Waals surface area contributed by atoms with Crippen molar-refractivity contribution in [3.05, 3.63) is 53.1 Å². The summed E-state index contributed by atoms with van der Waals surface area (Å²) in [5, 5.41) is 0. The highest BCUT2D eigenvalue weighted by molar-refractivity contribution is 9.10. The van der Waals surface area contributed by atoms with Crippen LogP contribution in [-0.4, -0.2) is 19.9 Å². The molecule has 0 amide bonds. The molecular weight excluding hydrogens is 316 g/mol. The number of benzene rings is 2. The van der Waals surface area contributed by atoms with E-state index in [9.17, 15) is 0 Å². The quantitative estimate of drug-likeness (QED) is 0.577. The fraction of sp³-hybridized carbons (Fsp3) is 0. The standard InChI is InChI=1S/C15H9BrN4/c16-9-5-6-12-13(7-9)20-15(19-12)14-8-17-10-3-1-2-4-11(10)18-14/h1-8H,(H,19,20). The molecule has 1 N–H and O–H groups in total. The zero-order valence-electron chi connectivity index (χ0n) is 10.3. The lowest BCUT2D eigenvalue weighted by Gasteiger charge is -1.98. The van der Waals surface area contributed by atoms with Crippen LogP contribution in [0.3, 0.4) is 0 Å². The molecule has 4 nitrogen and oxygen atoms in total. The number of hydrogen-bond acceptors (Lipinski definition) is 3. The van der Waals surface area contributed by atoms with E-state index in [0.29, 0.717) is 0 Å². The van der Waals surface area contributed by atoms with Gasteiger partial charge in [-0.1, -0.05) is 28.1 Å². The third-order valence-corrected chi connectivity index (χ3v) is 3.63. The molecule has 0 saturated heterocycles. The lowest BCUT2D eigenvalue weighted by molar-refractivity contribution is 1.22. The number of nitrogens with one attached hydrogen (secondary N) is 1. The summed E-state index contributed by atoms with van der Waals surface area (Å²) in [6.45, 7) is 0. The second kappa shape index (κ2) is 4.38. The van der Waals surface area contributed by atoms with Gasteiger partial charge >= 0.3 is 0 Å². The van der Waals surface area contributed by atoms with Crippen LogP contribution in [0.25, 0.3) is 33.6 Å². The van der Waals surface area contributed by atoms with Gasteiger partial charge in [-0.15, -0.1) is 0 Å². The van der Waals surface area contributed by atoms with Crippen molar-refractivity contribution in [1.29, 1.82) is 0 Å². The lowest BCUT2D eigenvalue weighted by atomic mass is 10.3. The summed E-state index contributed by atoms with van der Waals surface area (Å²) in [5.41, 5.74) is 4.39. The minimum atomic E-state index is 0.733. The van der Waals surface area contributed by atoms with Gasteiger partial charge in [0.05, 0.1) is 28.3 Å². The number of imidazole rings is 1. The molecule has 0 aliphatic carbocycles. The van der Waals surface area contributed by atoms with Gasteiger partial charge in [-0.05, 0) is 30.3 Å². The normalized spacial score (nSPS) is 11.2. The number of hydrogen-bond donors (Lipinski definition) is 1. The number of halogens is 1. The second-order valence-electron chi connectivity index (χ2n) is 4.49. The molecule has 20 heavy (non-hydrogen) atoms. The van der Waals surface area contributed by atoms with Crippen LogP contribution in [0.4, 0.5) is 0 Å². The third kappa shape index (κ3) is 1.87. The molecule has 2 heterocycles. The van der Waals surface area contributed by atoms with Gasteiger partial charge < -0.3 is 4.98 Å². The van der Waals surface area contributed by atoms with Crippen LogP contribution >= 0.6 is 15.9 Å². The minimum absolute atomic E-state index is 0.733. The van der Waals surface area contributed by atoms with Crippen molar-refractivity contribution in [1.82, 2.24) is 19.9 Å². The summed E-state index contributed by atoms with van der Waals surface area (Å²) in [6.07, 6.45) is 1.75. The van der Waals surface area contributed by atoms with Crippen molar-refractivity contribution in [2.45, 2.75) is 0 Å². The smallest absolute Gasteiger partial charge is 0.158 e. The van der Waals surface area contributed by atoms with Gasteiger partial charge in [-0.2, -0.15) is 0 Å². The number of nitrogens with zero attached hydrogens (tertiary/aromatic N) is 3. The van der Waals surface area contributed by atoms with Gasteiger partial charge in [0.1, 0.15) is 5.69 Å². The summed E-state index contributed by atoms with van der Waals surface area (Å²) in [6, 6.07) is 13.7. The maximum atomic E-state index is 4.60. The first-order valence-electron chi connectivity index (χ1n) is 6.17. The number of fused-ring (bicyclic) bond motifs is 2. The Balaban J connectivity index is 1.91. The van der Waals surface area contributed by atoms with Crippen LogP contribution in [0.15, 0.2) is 53.1 Å². The van der Waals surface area contributed by atoms with E-state index in [2.05, 4.69) is 35.9 Å². The van der Waals surface area contributed by atoms with Crippen molar-refractivity contribution in [3.63, 3.8) is 0 Å². The van der Waals surface area contributed by atoms with E-state index >= 15 is 0 Å². The number of aromatic amines is 1. The van der Waals surface area contributed by atoms with Crippen molar-refractivity contribution < 1.29 is 0 Å². The van der Waals surface area contributed by atoms with Gasteiger partial charge in [0.25, 0.3) is 0 Å². The van der Waals surface area contributed by atoms with Crippen LogP contribution < -0.4 is 0 Å². The highest BCUT2D eigenvalue weighted by Gasteiger charge is 2.08. The van der Waals surface area contributed by atoms with E-state index in [1.54, 1.807) is 6.20 Å². The molecule has 0 saturated carbocycles.